The summed E-state index contributed by atoms with van der Waals surface area (Å²) < 4.78 is 8.62. The smallest absolute Gasteiger partial charge is 0.345 e. The summed E-state index contributed by atoms with van der Waals surface area (Å²) in [4.78, 5) is 44.7. The van der Waals surface area contributed by atoms with Gasteiger partial charge in [0.15, 0.2) is 18.0 Å². The Kier molecular flexibility index (Phi) is 6.53. The van der Waals surface area contributed by atoms with Crippen molar-refractivity contribution in [2.24, 2.45) is 0 Å². The first kappa shape index (κ1) is 20.9. The van der Waals surface area contributed by atoms with Crippen LogP contribution in [0.2, 0.25) is 0 Å². The largest absolute Gasteiger partial charge is 0.481 e. The number of hydrogen-bond acceptors (Lipinski definition) is 11. The van der Waals surface area contributed by atoms with Gasteiger partial charge < -0.3 is 45.2 Å². The maximum atomic E-state index is 11.7. The van der Waals surface area contributed by atoms with E-state index in [0.717, 1.165) is 0 Å². The summed E-state index contributed by atoms with van der Waals surface area (Å²) in [6, 6.07) is 0. The van der Waals surface area contributed by atoms with Gasteiger partial charge in [-0.3, -0.25) is 9.59 Å². The van der Waals surface area contributed by atoms with Crippen LogP contribution in [0.15, 0.2) is 0 Å². The monoisotopic (exact) mass is 368 g/mol. The lowest BCUT2D eigenvalue weighted by Crippen LogP contribution is -2.60. The van der Waals surface area contributed by atoms with Crippen LogP contribution in [0.25, 0.3) is 0 Å². The molecule has 0 aromatic heterocycles. The second-order valence-electron chi connectivity index (χ2n) is 5.30. The van der Waals surface area contributed by atoms with Gasteiger partial charge in [-0.25, -0.2) is 9.59 Å². The quantitative estimate of drug-likeness (QED) is 0.173. The molecule has 13 nitrogen and oxygen atoms in total. The maximum absolute atomic E-state index is 11.7. The summed E-state index contributed by atoms with van der Waals surface area (Å²) in [6.07, 6.45) is -13.0. The van der Waals surface area contributed by atoms with Crippen LogP contribution in [-0.4, -0.2) is 95.9 Å². The van der Waals surface area contributed by atoms with Gasteiger partial charge in [0.1, 0.15) is 18.3 Å². The molecule has 1 saturated heterocycles. The van der Waals surface area contributed by atoms with Crippen LogP contribution in [-0.2, 0) is 28.7 Å². The highest BCUT2D eigenvalue weighted by Gasteiger charge is 2.48. The highest BCUT2D eigenvalue weighted by Crippen LogP contribution is 2.22. The molecular weight excluding hydrogens is 352 g/mol. The Hall–Kier alpha value is -2.16. The molecule has 1 aliphatic heterocycles. The van der Waals surface area contributed by atoms with Crippen molar-refractivity contribution < 1.29 is 64.4 Å². The second-order valence-corrected chi connectivity index (χ2v) is 5.30. The first-order valence-corrected chi connectivity index (χ1v) is 6.69. The highest BCUT2D eigenvalue weighted by atomic mass is 16.7. The number of hydrogen-bond donors (Lipinski definition) is 7. The lowest BCUT2D eigenvalue weighted by Gasteiger charge is -2.36. The number of aliphatic hydroxyl groups is 5. The number of esters is 2. The number of aliphatic hydroxyl groups excluding tert-OH is 4. The minimum Gasteiger partial charge on any atom is -0.481 e. The third kappa shape index (κ3) is 4.91. The number of ether oxygens (including phenoxy) is 2. The summed E-state index contributed by atoms with van der Waals surface area (Å²) in [5.41, 5.74) is -3.05. The molecule has 142 valence electrons. The summed E-state index contributed by atoms with van der Waals surface area (Å²) in [5, 5.41) is 64.4. The van der Waals surface area contributed by atoms with Gasteiger partial charge in [-0.1, -0.05) is 0 Å². The van der Waals surface area contributed by atoms with Crippen molar-refractivity contribution in [3.63, 3.8) is 0 Å². The molecule has 0 bridgehead atoms. The zero-order chi connectivity index (χ0) is 19.5. The van der Waals surface area contributed by atoms with E-state index in [1.807, 2.05) is 0 Å². The molecule has 1 fully saturated rings. The Morgan fingerprint density at radius 1 is 0.920 bits per heavy atom. The Bertz CT molecular complexity index is 559. The average Bonchev–Trinajstić information content (AvgIpc) is 2.47. The molecule has 0 aliphatic carbocycles. The van der Waals surface area contributed by atoms with Crippen LogP contribution in [0.5, 0.6) is 0 Å². The average molecular weight is 368 g/mol. The molecule has 6 atom stereocenters. The van der Waals surface area contributed by atoms with E-state index in [0.29, 0.717) is 0 Å². The van der Waals surface area contributed by atoms with Gasteiger partial charge in [0.05, 0.1) is 12.8 Å². The van der Waals surface area contributed by atoms with Crippen molar-refractivity contribution >= 4 is 23.9 Å². The Morgan fingerprint density at radius 3 is 1.96 bits per heavy atom. The molecule has 0 saturated carbocycles. The Labute approximate surface area is 138 Å². The lowest BCUT2D eigenvalue weighted by atomic mass is 9.96. The van der Waals surface area contributed by atoms with Crippen LogP contribution >= 0.6 is 0 Å². The van der Waals surface area contributed by atoms with Gasteiger partial charge in [0, 0.05) is 0 Å². The minimum absolute atomic E-state index is 1.36. The molecule has 1 heterocycles. The van der Waals surface area contributed by atoms with Crippen molar-refractivity contribution in [1.29, 1.82) is 0 Å². The van der Waals surface area contributed by atoms with Gasteiger partial charge in [0.2, 0.25) is 0 Å². The summed E-state index contributed by atoms with van der Waals surface area (Å²) >= 11 is 0. The molecule has 0 amide bonds. The van der Waals surface area contributed by atoms with Gasteiger partial charge in [-0.2, -0.15) is 0 Å². The van der Waals surface area contributed by atoms with Crippen molar-refractivity contribution in [3.05, 3.63) is 0 Å². The molecule has 13 heteroatoms. The molecule has 1 unspecified atom stereocenters. The van der Waals surface area contributed by atoms with Gasteiger partial charge in [0.25, 0.3) is 0 Å². The van der Waals surface area contributed by atoms with Crippen LogP contribution < -0.4 is 0 Å². The van der Waals surface area contributed by atoms with Gasteiger partial charge in [-0.05, 0) is 0 Å². The standard InChI is InChI=1S/C12H16O13/c13-3(14)1-12(23,11(21)22)2-4(15)24-10(20)8-6(17)5(16)7(18)9(19)25-8/h5-9,16-19,23H,1-2H2,(H,13,14)(H,21,22)/t5-,6-,7+,8-,9+,12?/m0/s1. The topological polar surface area (TPSA) is 228 Å². The van der Waals surface area contributed by atoms with Crippen LogP contribution in [0, 0.1) is 0 Å². The third-order valence-electron chi connectivity index (χ3n) is 3.31. The SMILES string of the molecule is O=C(O)CC(O)(CC(=O)OC(=O)[C@H]1O[C@@H](O)[C@H](O)[C@@H](O)[C@@H]1O)C(=O)O. The molecule has 1 aliphatic rings. The molecule has 0 radical (unpaired) electrons. The summed E-state index contributed by atoms with van der Waals surface area (Å²) in [7, 11) is 0. The molecular formula is C12H16O13. The van der Waals surface area contributed by atoms with Gasteiger partial charge >= 0.3 is 23.9 Å². The van der Waals surface area contributed by atoms with E-state index in [-0.39, 0.29) is 0 Å². The first-order chi connectivity index (χ1) is 11.4. The molecule has 0 spiro atoms. The lowest BCUT2D eigenvalue weighted by molar-refractivity contribution is -0.280. The number of carboxylic acid groups (broad SMARTS) is 2. The maximum Gasteiger partial charge on any atom is 0.345 e. The van der Waals surface area contributed by atoms with Crippen molar-refractivity contribution in [1.82, 2.24) is 0 Å². The van der Waals surface area contributed by atoms with Crippen molar-refractivity contribution in [3.8, 4) is 0 Å². The summed E-state index contributed by atoms with van der Waals surface area (Å²) in [5.74, 6) is -7.12. The predicted molar refractivity (Wildman–Crippen MR) is 69.5 cm³/mol. The summed E-state index contributed by atoms with van der Waals surface area (Å²) in [6.45, 7) is 0. The minimum atomic E-state index is -3.05. The van der Waals surface area contributed by atoms with Crippen molar-refractivity contribution in [2.45, 2.75) is 49.1 Å². The molecule has 1 rings (SSSR count). The van der Waals surface area contributed by atoms with Crippen LogP contribution in [0.4, 0.5) is 0 Å². The number of aliphatic carboxylic acids is 2. The van der Waals surface area contributed by atoms with E-state index in [9.17, 15) is 44.7 Å². The predicted octanol–water partition coefficient (Wildman–Crippen LogP) is -4.46. The van der Waals surface area contributed by atoms with Crippen molar-refractivity contribution in [2.75, 3.05) is 0 Å². The van der Waals surface area contributed by atoms with Gasteiger partial charge in [-0.15, -0.1) is 0 Å². The normalized spacial score (nSPS) is 31.6. The zero-order valence-electron chi connectivity index (χ0n) is 12.4. The molecule has 25 heavy (non-hydrogen) atoms. The van der Waals surface area contributed by atoms with E-state index in [2.05, 4.69) is 9.47 Å². The van der Waals surface area contributed by atoms with E-state index >= 15 is 0 Å². The molecule has 0 aromatic rings. The van der Waals surface area contributed by atoms with E-state index in [1.165, 1.54) is 0 Å². The van der Waals surface area contributed by atoms with Crippen LogP contribution in [0.3, 0.4) is 0 Å². The highest BCUT2D eigenvalue weighted by molar-refractivity contribution is 5.93. The second kappa shape index (κ2) is 7.81. The molecule has 0 aromatic carbocycles. The number of carbonyl (C=O) groups excluding carboxylic acids is 2. The van der Waals surface area contributed by atoms with Crippen LogP contribution in [0.1, 0.15) is 12.8 Å². The first-order valence-electron chi connectivity index (χ1n) is 6.69. The third-order valence-corrected chi connectivity index (χ3v) is 3.31. The fourth-order valence-electron chi connectivity index (χ4n) is 1.97. The number of carbonyl (C=O) groups is 4. The fourth-order valence-corrected chi connectivity index (χ4v) is 1.97. The Balaban J connectivity index is 2.77. The fraction of sp³-hybridized carbons (Fsp3) is 0.667. The number of carboxylic acids is 2. The van der Waals surface area contributed by atoms with E-state index in [1.54, 1.807) is 0 Å². The van der Waals surface area contributed by atoms with E-state index in [4.69, 9.17) is 10.2 Å². The zero-order valence-corrected chi connectivity index (χ0v) is 12.4. The Morgan fingerprint density at radius 2 is 1.48 bits per heavy atom. The molecule has 7 N–H and O–H groups in total. The number of rotatable bonds is 6. The van der Waals surface area contributed by atoms with E-state index < -0.39 is 73.0 Å².